The molecule has 0 radical (unpaired) electrons. The van der Waals surface area contributed by atoms with Gasteiger partial charge in [-0.05, 0) is 19.4 Å². The van der Waals surface area contributed by atoms with Crippen LogP contribution in [0.25, 0.3) is 0 Å². The Kier molecular flexibility index (Phi) is 2.20. The number of hydrogen-bond acceptors (Lipinski definition) is 2. The fourth-order valence-corrected chi connectivity index (χ4v) is 1.91. The zero-order chi connectivity index (χ0) is 10.3. The number of carbonyl (C=O) groups excluding carboxylic acids is 1. The average Bonchev–Trinajstić information content (AvgIpc) is 1.99. The molecule has 0 aromatic rings. The number of aliphatic hydroxyl groups is 1. The molecule has 1 atom stereocenters. The predicted molar refractivity (Wildman–Crippen MR) is 52.3 cm³/mol. The molecular formula is C11H16O2. The first-order chi connectivity index (χ1) is 5.82. The predicted octanol–water partition coefficient (Wildman–Crippen LogP) is 1.85. The Morgan fingerprint density at radius 3 is 2.31 bits per heavy atom. The molecule has 0 aromatic carbocycles. The van der Waals surface area contributed by atoms with Crippen molar-refractivity contribution in [2.45, 2.75) is 33.3 Å². The maximum Gasteiger partial charge on any atom is 0.166 e. The minimum absolute atomic E-state index is 0.199. The van der Waals surface area contributed by atoms with Gasteiger partial charge in [-0.2, -0.15) is 0 Å². The van der Waals surface area contributed by atoms with Gasteiger partial charge in [-0.25, -0.2) is 0 Å². The third-order valence-corrected chi connectivity index (χ3v) is 2.87. The minimum atomic E-state index is -1.33. The fraction of sp³-hybridized carbons (Fsp3) is 0.545. The van der Waals surface area contributed by atoms with Gasteiger partial charge in [0.25, 0.3) is 0 Å². The van der Waals surface area contributed by atoms with Crippen molar-refractivity contribution in [1.82, 2.24) is 0 Å². The van der Waals surface area contributed by atoms with Crippen LogP contribution in [-0.2, 0) is 4.79 Å². The summed E-state index contributed by atoms with van der Waals surface area (Å²) in [5.41, 5.74) is -1.13. The van der Waals surface area contributed by atoms with Gasteiger partial charge in [0, 0.05) is 5.41 Å². The van der Waals surface area contributed by atoms with Crippen LogP contribution >= 0.6 is 0 Å². The summed E-state index contributed by atoms with van der Waals surface area (Å²) in [6.07, 6.45) is 5.53. The lowest BCUT2D eigenvalue weighted by Gasteiger charge is -2.41. The lowest BCUT2D eigenvalue weighted by molar-refractivity contribution is -0.139. The lowest BCUT2D eigenvalue weighted by Crippen LogP contribution is -2.51. The second-order valence-electron chi connectivity index (χ2n) is 4.20. The van der Waals surface area contributed by atoms with Crippen molar-refractivity contribution >= 4 is 5.78 Å². The lowest BCUT2D eigenvalue weighted by atomic mass is 9.66. The first-order valence-electron chi connectivity index (χ1n) is 4.42. The largest absolute Gasteiger partial charge is 0.377 e. The normalized spacial score (nSPS) is 31.3. The first-order valence-corrected chi connectivity index (χ1v) is 4.42. The van der Waals surface area contributed by atoms with E-state index in [9.17, 15) is 9.90 Å². The van der Waals surface area contributed by atoms with Gasteiger partial charge in [0.2, 0.25) is 0 Å². The number of ketones is 1. The Bertz CT molecular complexity index is 297. The second-order valence-corrected chi connectivity index (χ2v) is 4.20. The monoisotopic (exact) mass is 180 g/mol. The molecule has 13 heavy (non-hydrogen) atoms. The molecular weight excluding hydrogens is 164 g/mol. The van der Waals surface area contributed by atoms with Crippen LogP contribution in [0.1, 0.15) is 27.7 Å². The van der Waals surface area contributed by atoms with Gasteiger partial charge in [-0.1, -0.05) is 32.1 Å². The summed E-state index contributed by atoms with van der Waals surface area (Å²) in [7, 11) is 0. The van der Waals surface area contributed by atoms with Crippen LogP contribution in [0.3, 0.4) is 0 Å². The van der Waals surface area contributed by atoms with E-state index in [1.807, 2.05) is 26.0 Å². The first kappa shape index (κ1) is 10.2. The van der Waals surface area contributed by atoms with Crippen molar-refractivity contribution in [1.29, 1.82) is 0 Å². The number of rotatable bonds is 1. The van der Waals surface area contributed by atoms with Gasteiger partial charge in [-0.3, -0.25) is 4.79 Å². The zero-order valence-electron chi connectivity index (χ0n) is 8.59. The highest BCUT2D eigenvalue weighted by molar-refractivity contribution is 5.90. The van der Waals surface area contributed by atoms with Gasteiger partial charge >= 0.3 is 0 Å². The average molecular weight is 180 g/mol. The highest BCUT2D eigenvalue weighted by Crippen LogP contribution is 2.41. The van der Waals surface area contributed by atoms with Crippen LogP contribution in [0.4, 0.5) is 0 Å². The molecule has 1 aliphatic rings. The zero-order valence-corrected chi connectivity index (χ0v) is 8.59. The summed E-state index contributed by atoms with van der Waals surface area (Å²) in [5.74, 6) is -0.199. The van der Waals surface area contributed by atoms with Crippen LogP contribution < -0.4 is 0 Å². The quantitative estimate of drug-likeness (QED) is 0.668. The SMILES string of the molecule is CC(=O)C1(O)C(C)=CC=CC1(C)C. The molecule has 0 aromatic heterocycles. The maximum atomic E-state index is 11.4. The summed E-state index contributed by atoms with van der Waals surface area (Å²) in [6.45, 7) is 6.94. The van der Waals surface area contributed by atoms with Crippen molar-refractivity contribution in [2.24, 2.45) is 5.41 Å². The molecule has 72 valence electrons. The highest BCUT2D eigenvalue weighted by Gasteiger charge is 2.48. The van der Waals surface area contributed by atoms with Crippen molar-refractivity contribution in [3.8, 4) is 0 Å². The van der Waals surface area contributed by atoms with E-state index >= 15 is 0 Å². The molecule has 0 saturated carbocycles. The third-order valence-electron chi connectivity index (χ3n) is 2.87. The Labute approximate surface area is 79.0 Å². The smallest absolute Gasteiger partial charge is 0.166 e. The molecule has 0 spiro atoms. The van der Waals surface area contributed by atoms with Crippen LogP contribution in [0.2, 0.25) is 0 Å². The molecule has 0 heterocycles. The van der Waals surface area contributed by atoms with E-state index in [0.29, 0.717) is 5.57 Å². The Morgan fingerprint density at radius 1 is 1.46 bits per heavy atom. The molecule has 0 bridgehead atoms. The summed E-state index contributed by atoms with van der Waals surface area (Å²) >= 11 is 0. The van der Waals surface area contributed by atoms with Crippen LogP contribution in [0.15, 0.2) is 23.8 Å². The molecule has 0 amide bonds. The Hall–Kier alpha value is -0.890. The van der Waals surface area contributed by atoms with Crippen molar-refractivity contribution in [2.75, 3.05) is 0 Å². The molecule has 2 heteroatoms. The molecule has 1 rings (SSSR count). The van der Waals surface area contributed by atoms with Crippen molar-refractivity contribution < 1.29 is 9.90 Å². The van der Waals surface area contributed by atoms with E-state index in [1.165, 1.54) is 6.92 Å². The van der Waals surface area contributed by atoms with Gasteiger partial charge in [0.05, 0.1) is 0 Å². The Balaban J connectivity index is 3.27. The van der Waals surface area contributed by atoms with E-state index in [-0.39, 0.29) is 5.78 Å². The van der Waals surface area contributed by atoms with Crippen LogP contribution in [0.5, 0.6) is 0 Å². The third kappa shape index (κ3) is 1.25. The van der Waals surface area contributed by atoms with Gasteiger partial charge < -0.3 is 5.11 Å². The number of hydrogen-bond donors (Lipinski definition) is 1. The molecule has 1 aliphatic carbocycles. The molecule has 1 N–H and O–H groups in total. The van der Waals surface area contributed by atoms with E-state index in [0.717, 1.165) is 0 Å². The second kappa shape index (κ2) is 2.81. The number of allylic oxidation sites excluding steroid dienone is 2. The van der Waals surface area contributed by atoms with Gasteiger partial charge in [0.15, 0.2) is 11.4 Å². The number of Topliss-reactive ketones (excluding diaryl/α,β-unsaturated/α-hetero) is 1. The molecule has 2 nitrogen and oxygen atoms in total. The highest BCUT2D eigenvalue weighted by atomic mass is 16.3. The summed E-state index contributed by atoms with van der Waals surface area (Å²) < 4.78 is 0. The van der Waals surface area contributed by atoms with Gasteiger partial charge in [-0.15, -0.1) is 0 Å². The maximum absolute atomic E-state index is 11.4. The minimum Gasteiger partial charge on any atom is -0.377 e. The van der Waals surface area contributed by atoms with Crippen molar-refractivity contribution in [3.05, 3.63) is 23.8 Å². The number of carbonyl (C=O) groups is 1. The van der Waals surface area contributed by atoms with E-state index < -0.39 is 11.0 Å². The standard InChI is InChI=1S/C11H16O2/c1-8-6-5-7-10(3,4)11(8,13)9(2)12/h5-7,13H,1-4H3. The molecule has 0 fully saturated rings. The van der Waals surface area contributed by atoms with E-state index in [2.05, 4.69) is 0 Å². The summed E-state index contributed by atoms with van der Waals surface area (Å²) in [4.78, 5) is 11.4. The Morgan fingerprint density at radius 2 is 2.00 bits per heavy atom. The van der Waals surface area contributed by atoms with E-state index in [4.69, 9.17) is 0 Å². The molecule has 1 unspecified atom stereocenters. The topological polar surface area (TPSA) is 37.3 Å². The van der Waals surface area contributed by atoms with Crippen LogP contribution in [-0.4, -0.2) is 16.5 Å². The molecule has 0 saturated heterocycles. The van der Waals surface area contributed by atoms with Gasteiger partial charge in [0.1, 0.15) is 0 Å². The fourth-order valence-electron chi connectivity index (χ4n) is 1.91. The summed E-state index contributed by atoms with van der Waals surface area (Å²) in [5, 5.41) is 10.3. The summed E-state index contributed by atoms with van der Waals surface area (Å²) in [6, 6.07) is 0. The molecule has 0 aliphatic heterocycles. The van der Waals surface area contributed by atoms with Crippen LogP contribution in [0, 0.1) is 5.41 Å². The van der Waals surface area contributed by atoms with Crippen molar-refractivity contribution in [3.63, 3.8) is 0 Å². The van der Waals surface area contributed by atoms with E-state index in [1.54, 1.807) is 13.0 Å².